The molecule has 1 saturated heterocycles. The summed E-state index contributed by atoms with van der Waals surface area (Å²) in [7, 11) is 0. The number of hydrogen-bond donors (Lipinski definition) is 4. The molecule has 0 radical (unpaired) electrons. The molecule has 2 aliphatic carbocycles. The Morgan fingerprint density at radius 1 is 1.03 bits per heavy atom. The monoisotopic (exact) mass is 461 g/mol. The second kappa shape index (κ2) is 9.08. The van der Waals surface area contributed by atoms with Gasteiger partial charge in [0, 0.05) is 35.9 Å². The van der Waals surface area contributed by atoms with Gasteiger partial charge in [-0.3, -0.25) is 15.0 Å². The molecule has 0 spiro atoms. The molecule has 10 nitrogen and oxygen atoms in total. The fraction of sp³-hybridized carbons (Fsp3) is 0.542. The molecule has 0 bridgehead atoms. The number of anilines is 4. The van der Waals surface area contributed by atoms with Crippen molar-refractivity contribution in [3.05, 3.63) is 35.3 Å². The van der Waals surface area contributed by atoms with E-state index in [4.69, 9.17) is 9.97 Å². The van der Waals surface area contributed by atoms with Crippen LogP contribution in [0.3, 0.4) is 0 Å². The minimum absolute atomic E-state index is 0.0650. The molecule has 4 N–H and O–H groups in total. The smallest absolute Gasteiger partial charge is 0.248 e. The van der Waals surface area contributed by atoms with Gasteiger partial charge in [0.1, 0.15) is 17.7 Å². The molecule has 3 aromatic heterocycles. The maximum Gasteiger partial charge on any atom is 0.248 e. The van der Waals surface area contributed by atoms with Crippen molar-refractivity contribution in [2.45, 2.75) is 76.2 Å². The number of amides is 1. The van der Waals surface area contributed by atoms with Gasteiger partial charge in [0.15, 0.2) is 5.82 Å². The van der Waals surface area contributed by atoms with E-state index in [9.17, 15) is 4.79 Å². The van der Waals surface area contributed by atoms with E-state index in [1.165, 1.54) is 43.4 Å². The molecule has 1 saturated carbocycles. The zero-order valence-electron chi connectivity index (χ0n) is 19.3. The summed E-state index contributed by atoms with van der Waals surface area (Å²) in [6.45, 7) is 0.757. The van der Waals surface area contributed by atoms with E-state index in [-0.39, 0.29) is 11.9 Å². The van der Waals surface area contributed by atoms with Crippen LogP contribution >= 0.6 is 0 Å². The topological polar surface area (TPSA) is 128 Å². The second-order valence-corrected chi connectivity index (χ2v) is 9.63. The average Bonchev–Trinajstić information content (AvgIpc) is 3.67. The summed E-state index contributed by atoms with van der Waals surface area (Å²) in [5.41, 5.74) is 3.46. The SMILES string of the molecule is O=C(Nc1ccn[nH]1)C1CCCN1c1nc2c(c(Nc3cc(C4CCCCC4)[nH]n3)n1)CCC2. The van der Waals surface area contributed by atoms with Crippen molar-refractivity contribution in [1.29, 1.82) is 0 Å². The van der Waals surface area contributed by atoms with Gasteiger partial charge in [-0.2, -0.15) is 15.2 Å². The Morgan fingerprint density at radius 3 is 2.79 bits per heavy atom. The summed E-state index contributed by atoms with van der Waals surface area (Å²) in [5, 5.41) is 20.9. The first kappa shape index (κ1) is 21.1. The van der Waals surface area contributed by atoms with Crippen LogP contribution in [0.4, 0.5) is 23.4 Å². The van der Waals surface area contributed by atoms with Crippen LogP contribution in [0.1, 0.15) is 74.2 Å². The standard InChI is InChI=1S/C24H31N9O/c34-23(28-20-11-12-25-31-20)19-10-5-13-33(19)24-26-17-9-4-8-16(17)22(29-24)27-21-14-18(30-32-21)15-6-2-1-3-7-15/h11-12,14-15,19H,1-10,13H2,(H2,25,28,31,34)(H2,26,27,29,30,32). The zero-order valence-corrected chi connectivity index (χ0v) is 19.3. The third kappa shape index (κ3) is 4.12. The van der Waals surface area contributed by atoms with Gasteiger partial charge in [0.05, 0.1) is 11.9 Å². The molecule has 178 valence electrons. The summed E-state index contributed by atoms with van der Waals surface area (Å²) in [4.78, 5) is 24.8. The van der Waals surface area contributed by atoms with Crippen molar-refractivity contribution < 1.29 is 4.79 Å². The Hall–Kier alpha value is -3.43. The normalized spacial score (nSPS) is 20.5. The van der Waals surface area contributed by atoms with E-state index < -0.39 is 0 Å². The number of fused-ring (bicyclic) bond motifs is 1. The van der Waals surface area contributed by atoms with E-state index in [0.717, 1.165) is 56.0 Å². The number of carbonyl (C=O) groups excluding carboxylic acids is 1. The molecular formula is C24H31N9O. The quantitative estimate of drug-likeness (QED) is 0.439. The lowest BCUT2D eigenvalue weighted by Gasteiger charge is -2.25. The molecule has 0 aromatic carbocycles. The Labute approximate surface area is 198 Å². The number of carbonyl (C=O) groups is 1. The first-order chi connectivity index (χ1) is 16.7. The average molecular weight is 462 g/mol. The first-order valence-electron chi connectivity index (χ1n) is 12.5. The van der Waals surface area contributed by atoms with Gasteiger partial charge in [-0.1, -0.05) is 19.3 Å². The highest BCUT2D eigenvalue weighted by Gasteiger charge is 2.34. The van der Waals surface area contributed by atoms with Gasteiger partial charge in [0.2, 0.25) is 11.9 Å². The van der Waals surface area contributed by atoms with E-state index in [1.54, 1.807) is 12.3 Å². The molecule has 2 fully saturated rings. The third-order valence-electron chi connectivity index (χ3n) is 7.38. The van der Waals surface area contributed by atoms with Crippen molar-refractivity contribution in [3.8, 4) is 0 Å². The van der Waals surface area contributed by atoms with Gasteiger partial charge in [-0.05, 0) is 44.9 Å². The fourth-order valence-corrected chi connectivity index (χ4v) is 5.62. The molecule has 4 heterocycles. The lowest BCUT2D eigenvalue weighted by molar-refractivity contribution is -0.117. The van der Waals surface area contributed by atoms with Crippen molar-refractivity contribution >= 4 is 29.3 Å². The Bertz CT molecular complexity index is 1150. The first-order valence-corrected chi connectivity index (χ1v) is 12.5. The number of nitrogens with one attached hydrogen (secondary N) is 4. The van der Waals surface area contributed by atoms with Gasteiger partial charge >= 0.3 is 0 Å². The lowest BCUT2D eigenvalue weighted by atomic mass is 9.87. The maximum absolute atomic E-state index is 13.0. The Morgan fingerprint density at radius 2 is 1.94 bits per heavy atom. The minimum atomic E-state index is -0.307. The van der Waals surface area contributed by atoms with Crippen LogP contribution in [0.25, 0.3) is 0 Å². The van der Waals surface area contributed by atoms with Gasteiger partial charge in [-0.25, -0.2) is 4.98 Å². The van der Waals surface area contributed by atoms with Crippen LogP contribution in [-0.4, -0.2) is 48.9 Å². The largest absolute Gasteiger partial charge is 0.329 e. The molecular weight excluding hydrogens is 430 g/mol. The summed E-state index contributed by atoms with van der Waals surface area (Å²) in [6.07, 6.45) is 12.7. The summed E-state index contributed by atoms with van der Waals surface area (Å²) in [5.74, 6) is 3.34. The Kier molecular flexibility index (Phi) is 5.64. The molecule has 1 unspecified atom stereocenters. The van der Waals surface area contributed by atoms with E-state index in [1.807, 2.05) is 4.90 Å². The third-order valence-corrected chi connectivity index (χ3v) is 7.38. The lowest BCUT2D eigenvalue weighted by Crippen LogP contribution is -2.40. The minimum Gasteiger partial charge on any atom is -0.329 e. The van der Waals surface area contributed by atoms with E-state index in [2.05, 4.69) is 37.1 Å². The van der Waals surface area contributed by atoms with Crippen molar-refractivity contribution in [1.82, 2.24) is 30.4 Å². The van der Waals surface area contributed by atoms with Crippen LogP contribution < -0.4 is 15.5 Å². The molecule has 1 aliphatic heterocycles. The number of rotatable bonds is 6. The molecule has 10 heteroatoms. The highest BCUT2D eigenvalue weighted by molar-refractivity contribution is 5.96. The number of nitrogens with zero attached hydrogens (tertiary/aromatic N) is 5. The number of aromatic nitrogens is 6. The summed E-state index contributed by atoms with van der Waals surface area (Å²) >= 11 is 0. The number of H-pyrrole nitrogens is 2. The van der Waals surface area contributed by atoms with Crippen LogP contribution in [0.15, 0.2) is 18.3 Å². The number of hydrogen-bond acceptors (Lipinski definition) is 7. The van der Waals surface area contributed by atoms with E-state index >= 15 is 0 Å². The van der Waals surface area contributed by atoms with Crippen molar-refractivity contribution in [3.63, 3.8) is 0 Å². The van der Waals surface area contributed by atoms with Crippen molar-refractivity contribution in [2.75, 3.05) is 22.1 Å². The molecule has 34 heavy (non-hydrogen) atoms. The van der Waals surface area contributed by atoms with Crippen molar-refractivity contribution in [2.24, 2.45) is 0 Å². The van der Waals surface area contributed by atoms with Gasteiger partial charge < -0.3 is 15.5 Å². The molecule has 6 rings (SSSR count). The van der Waals surface area contributed by atoms with Crippen LogP contribution in [-0.2, 0) is 17.6 Å². The van der Waals surface area contributed by atoms with Crippen LogP contribution in [0, 0.1) is 0 Å². The number of aromatic amines is 2. The maximum atomic E-state index is 13.0. The molecule has 3 aliphatic rings. The predicted molar refractivity (Wildman–Crippen MR) is 129 cm³/mol. The highest BCUT2D eigenvalue weighted by atomic mass is 16.2. The summed E-state index contributed by atoms with van der Waals surface area (Å²) in [6, 6.07) is 3.57. The predicted octanol–water partition coefficient (Wildman–Crippen LogP) is 3.81. The molecule has 1 amide bonds. The van der Waals surface area contributed by atoms with Gasteiger partial charge in [0.25, 0.3) is 0 Å². The van der Waals surface area contributed by atoms with Gasteiger partial charge in [-0.15, -0.1) is 0 Å². The molecule has 1 atom stereocenters. The second-order valence-electron chi connectivity index (χ2n) is 9.63. The fourth-order valence-electron chi connectivity index (χ4n) is 5.62. The molecule has 3 aromatic rings. The number of aryl methyl sites for hydroxylation is 1. The highest BCUT2D eigenvalue weighted by Crippen LogP contribution is 2.35. The Balaban J connectivity index is 1.24. The van der Waals surface area contributed by atoms with Crippen LogP contribution in [0.2, 0.25) is 0 Å². The van der Waals surface area contributed by atoms with E-state index in [0.29, 0.717) is 17.7 Å². The summed E-state index contributed by atoms with van der Waals surface area (Å²) < 4.78 is 0. The van der Waals surface area contributed by atoms with Crippen LogP contribution in [0.5, 0.6) is 0 Å². The zero-order chi connectivity index (χ0) is 22.9.